The zero-order valence-electron chi connectivity index (χ0n) is 13.8. The molecule has 4 aliphatic rings. The molecule has 0 amide bonds. The van der Waals surface area contributed by atoms with E-state index < -0.39 is 17.4 Å². The molecule has 4 heteroatoms. The maximum atomic E-state index is 14.1. The number of alkyl halides is 1. The first-order valence-corrected chi connectivity index (χ1v) is 8.89. The summed E-state index contributed by atoms with van der Waals surface area (Å²) in [7, 11) is 0. The fourth-order valence-electron chi connectivity index (χ4n) is 6.39. The van der Waals surface area contributed by atoms with Gasteiger partial charge < -0.3 is 5.11 Å². The van der Waals surface area contributed by atoms with Crippen LogP contribution in [-0.4, -0.2) is 28.9 Å². The number of aliphatic hydroxyl groups excluding tert-OH is 1. The van der Waals surface area contributed by atoms with Gasteiger partial charge in [-0.1, -0.05) is 13.8 Å². The van der Waals surface area contributed by atoms with Gasteiger partial charge in [-0.15, -0.1) is 0 Å². The Balaban J connectivity index is 1.75. The maximum Gasteiger partial charge on any atom is 0.190 e. The van der Waals surface area contributed by atoms with Crippen LogP contribution >= 0.6 is 0 Å². The van der Waals surface area contributed by atoms with Gasteiger partial charge in [-0.3, -0.25) is 9.59 Å². The molecule has 2 unspecified atom stereocenters. The number of hydrogen-bond acceptors (Lipinski definition) is 3. The summed E-state index contributed by atoms with van der Waals surface area (Å²) >= 11 is 0. The zero-order valence-corrected chi connectivity index (χ0v) is 13.8. The molecule has 1 N–H and O–H groups in total. The molecule has 0 aromatic rings. The Labute approximate surface area is 136 Å². The molecule has 3 saturated carbocycles. The second-order valence-corrected chi connectivity index (χ2v) is 8.69. The summed E-state index contributed by atoms with van der Waals surface area (Å²) in [5.41, 5.74) is -0.0410. The van der Waals surface area contributed by atoms with Gasteiger partial charge >= 0.3 is 0 Å². The first kappa shape index (κ1) is 15.5. The van der Waals surface area contributed by atoms with E-state index in [1.54, 1.807) is 0 Å². The molecule has 0 spiro atoms. The largest absolute Gasteiger partial charge is 0.393 e. The number of allylic oxidation sites excluding steroid dienone is 1. The number of Topliss-reactive ketones (excluding diaryl/α,β-unsaturated/α-hetero) is 1. The SMILES string of the molecule is C[C@]12CC(F)C(=O)C=C1C(=O)C[C@@H]1[C@H]2CC[C@]2(C)C(O)CC[C@@H]12. The number of halogens is 1. The van der Waals surface area contributed by atoms with E-state index in [1.807, 2.05) is 6.92 Å². The molecule has 0 bridgehead atoms. The van der Waals surface area contributed by atoms with Crippen LogP contribution in [0.5, 0.6) is 0 Å². The highest BCUT2D eigenvalue weighted by atomic mass is 19.1. The summed E-state index contributed by atoms with van der Waals surface area (Å²) in [4.78, 5) is 24.4. The van der Waals surface area contributed by atoms with Crippen LogP contribution in [0.3, 0.4) is 0 Å². The predicted molar refractivity (Wildman–Crippen MR) is 83.4 cm³/mol. The van der Waals surface area contributed by atoms with Gasteiger partial charge in [-0.2, -0.15) is 0 Å². The van der Waals surface area contributed by atoms with E-state index in [0.717, 1.165) is 25.7 Å². The highest BCUT2D eigenvalue weighted by molar-refractivity contribution is 6.07. The van der Waals surface area contributed by atoms with Gasteiger partial charge in [0.1, 0.15) is 0 Å². The van der Waals surface area contributed by atoms with Crippen LogP contribution in [0.4, 0.5) is 4.39 Å². The molecule has 7 atom stereocenters. The van der Waals surface area contributed by atoms with E-state index >= 15 is 0 Å². The van der Waals surface area contributed by atoms with E-state index in [9.17, 15) is 19.1 Å². The molecular weight excluding hydrogens is 295 g/mol. The van der Waals surface area contributed by atoms with Crippen molar-refractivity contribution in [2.45, 2.75) is 64.6 Å². The van der Waals surface area contributed by atoms with Crippen molar-refractivity contribution in [3.63, 3.8) is 0 Å². The average molecular weight is 320 g/mol. The van der Waals surface area contributed by atoms with Crippen molar-refractivity contribution in [2.24, 2.45) is 28.6 Å². The lowest BCUT2D eigenvalue weighted by atomic mass is 9.47. The zero-order chi connectivity index (χ0) is 16.6. The van der Waals surface area contributed by atoms with Gasteiger partial charge in [-0.25, -0.2) is 4.39 Å². The second-order valence-electron chi connectivity index (χ2n) is 8.69. The lowest BCUT2D eigenvalue weighted by Crippen LogP contribution is -2.54. The van der Waals surface area contributed by atoms with E-state index in [-0.39, 0.29) is 35.6 Å². The minimum atomic E-state index is -1.47. The molecule has 0 aliphatic heterocycles. The molecule has 0 aromatic carbocycles. The molecule has 0 heterocycles. The maximum absolute atomic E-state index is 14.1. The van der Waals surface area contributed by atoms with Crippen LogP contribution in [0, 0.1) is 28.6 Å². The average Bonchev–Trinajstić information content (AvgIpc) is 2.78. The molecule has 3 fully saturated rings. The smallest absolute Gasteiger partial charge is 0.190 e. The Morgan fingerprint density at radius 3 is 2.65 bits per heavy atom. The number of hydrogen-bond donors (Lipinski definition) is 1. The Morgan fingerprint density at radius 1 is 1.17 bits per heavy atom. The molecular formula is C19H25FO3. The summed E-state index contributed by atoms with van der Waals surface area (Å²) in [5.74, 6) is 0.303. The lowest BCUT2D eigenvalue weighted by molar-refractivity contribution is -0.135. The Morgan fingerprint density at radius 2 is 1.91 bits per heavy atom. The van der Waals surface area contributed by atoms with Crippen LogP contribution in [-0.2, 0) is 9.59 Å². The highest BCUT2D eigenvalue weighted by Crippen LogP contribution is 2.64. The van der Waals surface area contributed by atoms with Crippen LogP contribution in [0.25, 0.3) is 0 Å². The molecule has 4 rings (SSSR count). The predicted octanol–water partition coefficient (Wildman–Crippen LogP) is 3.01. The van der Waals surface area contributed by atoms with Crippen molar-refractivity contribution in [1.29, 1.82) is 0 Å². The van der Waals surface area contributed by atoms with Gasteiger partial charge in [0.05, 0.1) is 6.10 Å². The molecule has 23 heavy (non-hydrogen) atoms. The summed E-state index contributed by atoms with van der Waals surface area (Å²) in [5, 5.41) is 10.4. The minimum Gasteiger partial charge on any atom is -0.393 e. The van der Waals surface area contributed by atoms with Crippen molar-refractivity contribution < 1.29 is 19.1 Å². The number of ketones is 2. The normalized spacial score (nSPS) is 52.5. The molecule has 4 aliphatic carbocycles. The van der Waals surface area contributed by atoms with E-state index in [0.29, 0.717) is 17.9 Å². The molecule has 126 valence electrons. The number of fused-ring (bicyclic) bond motifs is 5. The van der Waals surface area contributed by atoms with Gasteiger partial charge in [0.25, 0.3) is 0 Å². The summed E-state index contributed by atoms with van der Waals surface area (Å²) in [6, 6.07) is 0. The Hall–Kier alpha value is -1.03. The third kappa shape index (κ3) is 1.90. The third-order valence-electron chi connectivity index (χ3n) is 7.74. The van der Waals surface area contributed by atoms with E-state index in [2.05, 4.69) is 6.92 Å². The first-order chi connectivity index (χ1) is 10.8. The fraction of sp³-hybridized carbons (Fsp3) is 0.789. The molecule has 0 saturated heterocycles. The minimum absolute atomic E-state index is 0.0274. The Kier molecular flexibility index (Phi) is 3.20. The van der Waals surface area contributed by atoms with Crippen LogP contribution in [0.1, 0.15) is 52.4 Å². The van der Waals surface area contributed by atoms with Gasteiger partial charge in [-0.05, 0) is 61.3 Å². The van der Waals surface area contributed by atoms with Crippen LogP contribution < -0.4 is 0 Å². The quantitative estimate of drug-likeness (QED) is 0.746. The highest BCUT2D eigenvalue weighted by Gasteiger charge is 2.61. The van der Waals surface area contributed by atoms with Crippen molar-refractivity contribution in [1.82, 2.24) is 0 Å². The molecule has 0 aromatic heterocycles. The second kappa shape index (κ2) is 4.75. The standard InChI is InChI=1S/C19H25FO3/c1-18-6-5-12-10(11(18)3-4-17(18)23)7-15(21)13-8-16(22)14(20)9-19(12,13)2/h8,10-12,14,17,23H,3-7,9H2,1-2H3/t10-,11-,12+,14?,17?,18-,19+/m0/s1. The molecule has 0 radical (unpaired) electrons. The fourth-order valence-corrected chi connectivity index (χ4v) is 6.39. The topological polar surface area (TPSA) is 54.4 Å². The van der Waals surface area contributed by atoms with Crippen LogP contribution in [0.15, 0.2) is 11.6 Å². The summed E-state index contributed by atoms with van der Waals surface area (Å²) < 4.78 is 14.1. The lowest BCUT2D eigenvalue weighted by Gasteiger charge is -2.57. The molecule has 3 nitrogen and oxygen atoms in total. The monoisotopic (exact) mass is 320 g/mol. The number of carbonyl (C=O) groups excluding carboxylic acids is 2. The number of rotatable bonds is 0. The van der Waals surface area contributed by atoms with Crippen molar-refractivity contribution in [3.05, 3.63) is 11.6 Å². The van der Waals surface area contributed by atoms with Gasteiger partial charge in [0.2, 0.25) is 0 Å². The number of carbonyl (C=O) groups is 2. The summed E-state index contributed by atoms with van der Waals surface area (Å²) in [6.07, 6.45) is 3.76. The van der Waals surface area contributed by atoms with Crippen molar-refractivity contribution in [2.75, 3.05) is 0 Å². The Bertz CT molecular complexity index is 612. The van der Waals surface area contributed by atoms with E-state index in [1.165, 1.54) is 6.08 Å². The van der Waals surface area contributed by atoms with Gasteiger partial charge in [0.15, 0.2) is 17.7 Å². The van der Waals surface area contributed by atoms with Crippen molar-refractivity contribution >= 4 is 11.6 Å². The first-order valence-electron chi connectivity index (χ1n) is 8.89. The van der Waals surface area contributed by atoms with E-state index in [4.69, 9.17) is 0 Å². The summed E-state index contributed by atoms with van der Waals surface area (Å²) in [6.45, 7) is 4.15. The van der Waals surface area contributed by atoms with Gasteiger partial charge in [0, 0.05) is 17.4 Å². The number of aliphatic hydroxyl groups is 1. The van der Waals surface area contributed by atoms with Crippen molar-refractivity contribution in [3.8, 4) is 0 Å². The third-order valence-corrected chi connectivity index (χ3v) is 7.74. The van der Waals surface area contributed by atoms with Crippen LogP contribution in [0.2, 0.25) is 0 Å².